The first-order valence-corrected chi connectivity index (χ1v) is 9.51. The highest BCUT2D eigenvalue weighted by molar-refractivity contribution is 5.94. The molecule has 28 heavy (non-hydrogen) atoms. The number of methoxy groups -OCH3 is 1. The molecule has 2 heterocycles. The molecule has 3 aromatic rings. The van der Waals surface area contributed by atoms with Crippen molar-refractivity contribution in [1.82, 2.24) is 10.2 Å². The van der Waals surface area contributed by atoms with Crippen LogP contribution in [0.2, 0.25) is 0 Å². The van der Waals surface area contributed by atoms with Crippen LogP contribution in [0.15, 0.2) is 71.3 Å². The number of amides is 1. The highest BCUT2D eigenvalue weighted by Crippen LogP contribution is 2.28. The maximum Gasteiger partial charge on any atom is 0.251 e. The smallest absolute Gasteiger partial charge is 0.251 e. The van der Waals surface area contributed by atoms with E-state index in [-0.39, 0.29) is 11.9 Å². The number of nitrogens with zero attached hydrogens (tertiary/aromatic N) is 1. The first-order chi connectivity index (χ1) is 13.7. The van der Waals surface area contributed by atoms with Crippen LogP contribution in [-0.2, 0) is 13.0 Å². The van der Waals surface area contributed by atoms with Gasteiger partial charge >= 0.3 is 0 Å². The summed E-state index contributed by atoms with van der Waals surface area (Å²) in [6.07, 6.45) is 2.68. The van der Waals surface area contributed by atoms with E-state index < -0.39 is 0 Å². The number of nitrogens with one attached hydrogen (secondary N) is 1. The Kier molecular flexibility index (Phi) is 5.44. The van der Waals surface area contributed by atoms with E-state index in [1.165, 1.54) is 11.1 Å². The second kappa shape index (κ2) is 8.31. The molecule has 2 aromatic carbocycles. The van der Waals surface area contributed by atoms with Crippen LogP contribution in [0, 0.1) is 0 Å². The third kappa shape index (κ3) is 3.94. The molecule has 0 aliphatic carbocycles. The van der Waals surface area contributed by atoms with E-state index in [1.807, 2.05) is 24.3 Å². The van der Waals surface area contributed by atoms with Gasteiger partial charge < -0.3 is 14.5 Å². The molecule has 0 bridgehead atoms. The molecule has 1 N–H and O–H groups in total. The van der Waals surface area contributed by atoms with Crippen LogP contribution < -0.4 is 10.1 Å². The second-order valence-corrected chi connectivity index (χ2v) is 6.96. The number of hydrogen-bond donors (Lipinski definition) is 1. The molecule has 0 fully saturated rings. The summed E-state index contributed by atoms with van der Waals surface area (Å²) in [7, 11) is 1.60. The normalized spacial score (nSPS) is 14.9. The molecule has 0 saturated carbocycles. The summed E-state index contributed by atoms with van der Waals surface area (Å²) in [5.74, 6) is 1.42. The van der Waals surface area contributed by atoms with Gasteiger partial charge in [-0.2, -0.15) is 0 Å². The topological polar surface area (TPSA) is 54.7 Å². The first kappa shape index (κ1) is 18.3. The summed E-state index contributed by atoms with van der Waals surface area (Å²) in [6.45, 7) is 2.25. The molecule has 0 unspecified atom stereocenters. The first-order valence-electron chi connectivity index (χ1n) is 9.51. The monoisotopic (exact) mass is 376 g/mol. The van der Waals surface area contributed by atoms with Crippen LogP contribution >= 0.6 is 0 Å². The van der Waals surface area contributed by atoms with Crippen molar-refractivity contribution in [3.05, 3.63) is 89.4 Å². The van der Waals surface area contributed by atoms with E-state index in [0.29, 0.717) is 17.9 Å². The predicted octanol–water partition coefficient (Wildman–Crippen LogP) is 3.82. The van der Waals surface area contributed by atoms with E-state index in [2.05, 4.69) is 34.5 Å². The Morgan fingerprint density at radius 2 is 2.00 bits per heavy atom. The average Bonchev–Trinajstić information content (AvgIpc) is 3.28. The molecule has 1 amide bonds. The van der Waals surface area contributed by atoms with Gasteiger partial charge in [-0.25, -0.2) is 0 Å². The number of benzene rings is 2. The highest BCUT2D eigenvalue weighted by Gasteiger charge is 2.27. The van der Waals surface area contributed by atoms with Gasteiger partial charge in [0, 0.05) is 25.2 Å². The summed E-state index contributed by atoms with van der Waals surface area (Å²) in [6, 6.07) is 19.6. The van der Waals surface area contributed by atoms with Crippen LogP contribution in [0.1, 0.15) is 33.3 Å². The van der Waals surface area contributed by atoms with Crippen molar-refractivity contribution >= 4 is 5.91 Å². The Balaban J connectivity index is 1.49. The van der Waals surface area contributed by atoms with Gasteiger partial charge in [-0.3, -0.25) is 9.69 Å². The predicted molar refractivity (Wildman–Crippen MR) is 107 cm³/mol. The van der Waals surface area contributed by atoms with Crippen molar-refractivity contribution in [2.45, 2.75) is 19.0 Å². The van der Waals surface area contributed by atoms with Crippen molar-refractivity contribution in [3.63, 3.8) is 0 Å². The lowest BCUT2D eigenvalue weighted by Gasteiger charge is -2.34. The van der Waals surface area contributed by atoms with E-state index in [1.54, 1.807) is 25.5 Å². The van der Waals surface area contributed by atoms with Crippen molar-refractivity contribution in [1.29, 1.82) is 0 Å². The molecule has 1 aromatic heterocycles. The SMILES string of the molecule is COc1cccc(C(=O)NC[C@H](c2ccco2)N2CCc3ccccc3C2)c1. The molecule has 0 saturated heterocycles. The molecule has 0 radical (unpaired) electrons. The van der Waals surface area contributed by atoms with Crippen LogP contribution in [0.5, 0.6) is 5.75 Å². The highest BCUT2D eigenvalue weighted by atomic mass is 16.5. The van der Waals surface area contributed by atoms with Crippen molar-refractivity contribution in [2.24, 2.45) is 0 Å². The number of carbonyl (C=O) groups excluding carboxylic acids is 1. The Hall–Kier alpha value is -3.05. The number of furan rings is 1. The fraction of sp³-hybridized carbons (Fsp3) is 0.261. The number of ether oxygens (including phenoxy) is 1. The Bertz CT molecular complexity index is 937. The summed E-state index contributed by atoms with van der Waals surface area (Å²) < 4.78 is 10.9. The summed E-state index contributed by atoms with van der Waals surface area (Å²) in [5.41, 5.74) is 3.32. The van der Waals surface area contributed by atoms with Gasteiger partial charge in [0.1, 0.15) is 11.5 Å². The molecule has 4 rings (SSSR count). The maximum absolute atomic E-state index is 12.7. The largest absolute Gasteiger partial charge is 0.497 e. The lowest BCUT2D eigenvalue weighted by atomic mass is 9.98. The molecular formula is C23H24N2O3. The molecule has 0 spiro atoms. The van der Waals surface area contributed by atoms with Gasteiger partial charge in [0.25, 0.3) is 5.91 Å². The lowest BCUT2D eigenvalue weighted by Crippen LogP contribution is -2.40. The zero-order valence-electron chi connectivity index (χ0n) is 15.9. The van der Waals surface area contributed by atoms with Gasteiger partial charge in [0.05, 0.1) is 19.4 Å². The van der Waals surface area contributed by atoms with E-state index >= 15 is 0 Å². The number of carbonyl (C=O) groups is 1. The quantitative estimate of drug-likeness (QED) is 0.711. The van der Waals surface area contributed by atoms with E-state index in [4.69, 9.17) is 9.15 Å². The van der Waals surface area contributed by atoms with Crippen LogP contribution in [0.25, 0.3) is 0 Å². The van der Waals surface area contributed by atoms with Crippen LogP contribution in [0.4, 0.5) is 0 Å². The standard InChI is InChI=1S/C23H24N2O3/c1-27-20-9-4-8-18(14-20)23(26)24-15-21(22-10-5-13-28-22)25-12-11-17-6-2-3-7-19(17)16-25/h2-10,13-14,21H,11-12,15-16H2,1H3,(H,24,26)/t21-/m1/s1. The van der Waals surface area contributed by atoms with Gasteiger partial charge in [-0.15, -0.1) is 0 Å². The zero-order valence-corrected chi connectivity index (χ0v) is 15.9. The minimum atomic E-state index is -0.118. The van der Waals surface area contributed by atoms with Crippen LogP contribution in [-0.4, -0.2) is 31.0 Å². The fourth-order valence-electron chi connectivity index (χ4n) is 3.73. The second-order valence-electron chi connectivity index (χ2n) is 6.96. The van der Waals surface area contributed by atoms with E-state index in [9.17, 15) is 4.79 Å². The molecule has 5 nitrogen and oxygen atoms in total. The van der Waals surface area contributed by atoms with Gasteiger partial charge in [-0.1, -0.05) is 30.3 Å². The number of hydrogen-bond acceptors (Lipinski definition) is 4. The Morgan fingerprint density at radius 3 is 2.79 bits per heavy atom. The summed E-state index contributed by atoms with van der Waals surface area (Å²) in [5, 5.41) is 3.06. The minimum Gasteiger partial charge on any atom is -0.497 e. The summed E-state index contributed by atoms with van der Waals surface area (Å²) in [4.78, 5) is 15.0. The lowest BCUT2D eigenvalue weighted by molar-refractivity contribution is 0.0919. The fourth-order valence-corrected chi connectivity index (χ4v) is 3.73. The summed E-state index contributed by atoms with van der Waals surface area (Å²) >= 11 is 0. The number of fused-ring (bicyclic) bond motifs is 1. The van der Waals surface area contributed by atoms with Crippen molar-refractivity contribution < 1.29 is 13.9 Å². The average molecular weight is 376 g/mol. The van der Waals surface area contributed by atoms with Crippen molar-refractivity contribution in [3.8, 4) is 5.75 Å². The van der Waals surface area contributed by atoms with Gasteiger partial charge in [0.2, 0.25) is 0 Å². The molecule has 144 valence electrons. The maximum atomic E-state index is 12.7. The van der Waals surface area contributed by atoms with Crippen LogP contribution in [0.3, 0.4) is 0 Å². The van der Waals surface area contributed by atoms with Gasteiger partial charge in [0.15, 0.2) is 0 Å². The number of rotatable bonds is 6. The molecule has 1 atom stereocenters. The van der Waals surface area contributed by atoms with Crippen molar-refractivity contribution in [2.75, 3.05) is 20.2 Å². The third-order valence-electron chi connectivity index (χ3n) is 5.26. The molecule has 5 heteroatoms. The molecule has 1 aliphatic heterocycles. The minimum absolute atomic E-state index is 0.0158. The third-order valence-corrected chi connectivity index (χ3v) is 5.26. The Morgan fingerprint density at radius 1 is 1.14 bits per heavy atom. The zero-order chi connectivity index (χ0) is 19.3. The molecule has 1 aliphatic rings. The van der Waals surface area contributed by atoms with Gasteiger partial charge in [-0.05, 0) is 47.9 Å². The van der Waals surface area contributed by atoms with E-state index in [0.717, 1.165) is 25.3 Å². The Labute approximate surface area is 164 Å². The molecular weight excluding hydrogens is 352 g/mol.